The Morgan fingerprint density at radius 1 is 1.36 bits per heavy atom. The Balaban J connectivity index is 1.96. The molecule has 122 valence electrons. The number of piperidine rings is 1. The van der Waals surface area contributed by atoms with Gasteiger partial charge in [0.15, 0.2) is 0 Å². The summed E-state index contributed by atoms with van der Waals surface area (Å²) in [4.78, 5) is 14.8. The van der Waals surface area contributed by atoms with Gasteiger partial charge in [0, 0.05) is 24.2 Å². The van der Waals surface area contributed by atoms with Crippen LogP contribution in [-0.4, -0.2) is 36.5 Å². The predicted molar refractivity (Wildman–Crippen MR) is 91.9 cm³/mol. The van der Waals surface area contributed by atoms with Gasteiger partial charge in [-0.15, -0.1) is 0 Å². The van der Waals surface area contributed by atoms with Crippen LogP contribution >= 0.6 is 0 Å². The van der Waals surface area contributed by atoms with Crippen LogP contribution in [-0.2, 0) is 11.3 Å². The molecule has 4 heteroatoms. The van der Waals surface area contributed by atoms with Crippen molar-refractivity contribution >= 4 is 11.6 Å². The highest BCUT2D eigenvalue weighted by atomic mass is 16.1. The van der Waals surface area contributed by atoms with Gasteiger partial charge in [-0.3, -0.25) is 9.69 Å². The molecule has 0 radical (unpaired) electrons. The summed E-state index contributed by atoms with van der Waals surface area (Å²) in [7, 11) is 0. The SMILES string of the molecule is CCN(CC)Cc1cccc(NC(=O)[C@H]2CCN[C@@H](C)C2)c1. The Hall–Kier alpha value is -1.39. The van der Waals surface area contributed by atoms with E-state index in [1.807, 2.05) is 12.1 Å². The fourth-order valence-corrected chi connectivity index (χ4v) is 3.07. The van der Waals surface area contributed by atoms with E-state index in [4.69, 9.17) is 0 Å². The van der Waals surface area contributed by atoms with Crippen molar-refractivity contribution in [2.24, 2.45) is 5.92 Å². The van der Waals surface area contributed by atoms with Crippen LogP contribution in [0.25, 0.3) is 0 Å². The lowest BCUT2D eigenvalue weighted by molar-refractivity contribution is -0.120. The zero-order chi connectivity index (χ0) is 15.9. The first kappa shape index (κ1) is 17.0. The summed E-state index contributed by atoms with van der Waals surface area (Å²) < 4.78 is 0. The summed E-state index contributed by atoms with van der Waals surface area (Å²) in [5.41, 5.74) is 2.17. The van der Waals surface area contributed by atoms with E-state index in [1.54, 1.807) is 0 Å². The second kappa shape index (κ2) is 8.30. The molecule has 0 bridgehead atoms. The van der Waals surface area contributed by atoms with Crippen LogP contribution in [0.5, 0.6) is 0 Å². The first-order valence-electron chi connectivity index (χ1n) is 8.47. The summed E-state index contributed by atoms with van der Waals surface area (Å²) in [6.07, 6.45) is 1.85. The van der Waals surface area contributed by atoms with Gasteiger partial charge in [-0.25, -0.2) is 0 Å². The smallest absolute Gasteiger partial charge is 0.227 e. The number of carbonyl (C=O) groups is 1. The van der Waals surface area contributed by atoms with Crippen LogP contribution in [0.2, 0.25) is 0 Å². The van der Waals surface area contributed by atoms with Gasteiger partial charge >= 0.3 is 0 Å². The van der Waals surface area contributed by atoms with E-state index >= 15 is 0 Å². The zero-order valence-electron chi connectivity index (χ0n) is 14.1. The van der Waals surface area contributed by atoms with Crippen molar-refractivity contribution in [3.8, 4) is 0 Å². The number of amides is 1. The third-order valence-electron chi connectivity index (χ3n) is 4.49. The molecule has 0 aromatic heterocycles. The van der Waals surface area contributed by atoms with E-state index in [0.717, 1.165) is 44.7 Å². The number of carbonyl (C=O) groups excluding carboxylic acids is 1. The molecule has 1 amide bonds. The van der Waals surface area contributed by atoms with Crippen molar-refractivity contribution < 1.29 is 4.79 Å². The molecule has 1 heterocycles. The van der Waals surface area contributed by atoms with Crippen molar-refractivity contribution in [3.63, 3.8) is 0 Å². The molecule has 4 nitrogen and oxygen atoms in total. The number of hydrogen-bond donors (Lipinski definition) is 2. The summed E-state index contributed by atoms with van der Waals surface area (Å²) in [6, 6.07) is 8.66. The van der Waals surface area contributed by atoms with Crippen LogP contribution in [0.15, 0.2) is 24.3 Å². The molecule has 1 aromatic carbocycles. The highest BCUT2D eigenvalue weighted by Crippen LogP contribution is 2.19. The highest BCUT2D eigenvalue weighted by molar-refractivity contribution is 5.92. The molecule has 1 aliphatic rings. The van der Waals surface area contributed by atoms with Crippen molar-refractivity contribution in [1.29, 1.82) is 0 Å². The topological polar surface area (TPSA) is 44.4 Å². The fraction of sp³-hybridized carbons (Fsp3) is 0.611. The Labute approximate surface area is 134 Å². The lowest BCUT2D eigenvalue weighted by atomic mass is 9.92. The number of benzene rings is 1. The van der Waals surface area contributed by atoms with Gasteiger partial charge in [-0.05, 0) is 57.1 Å². The van der Waals surface area contributed by atoms with E-state index < -0.39 is 0 Å². The standard InChI is InChI=1S/C18H29N3O/c1-4-21(5-2)13-15-7-6-8-17(12-15)20-18(22)16-9-10-19-14(3)11-16/h6-8,12,14,16,19H,4-5,9-11,13H2,1-3H3,(H,20,22)/t14-,16-/m0/s1. The van der Waals surface area contributed by atoms with Gasteiger partial charge in [0.1, 0.15) is 0 Å². The van der Waals surface area contributed by atoms with E-state index in [2.05, 4.69) is 48.4 Å². The monoisotopic (exact) mass is 303 g/mol. The maximum Gasteiger partial charge on any atom is 0.227 e. The minimum atomic E-state index is 0.127. The van der Waals surface area contributed by atoms with Gasteiger partial charge in [0.2, 0.25) is 5.91 Å². The average Bonchev–Trinajstić information content (AvgIpc) is 2.53. The first-order valence-corrected chi connectivity index (χ1v) is 8.47. The van der Waals surface area contributed by atoms with Gasteiger partial charge in [-0.2, -0.15) is 0 Å². The third-order valence-corrected chi connectivity index (χ3v) is 4.49. The lowest BCUT2D eigenvalue weighted by Crippen LogP contribution is -2.40. The zero-order valence-corrected chi connectivity index (χ0v) is 14.1. The molecular weight excluding hydrogens is 274 g/mol. The van der Waals surface area contributed by atoms with Crippen LogP contribution in [0.1, 0.15) is 39.2 Å². The van der Waals surface area contributed by atoms with E-state index in [1.165, 1.54) is 5.56 Å². The third kappa shape index (κ3) is 4.82. The molecule has 0 saturated carbocycles. The van der Waals surface area contributed by atoms with Crippen molar-refractivity contribution in [2.75, 3.05) is 25.0 Å². The summed E-state index contributed by atoms with van der Waals surface area (Å²) in [6.45, 7) is 10.4. The Bertz CT molecular complexity index is 485. The molecule has 1 aromatic rings. The van der Waals surface area contributed by atoms with Crippen LogP contribution < -0.4 is 10.6 Å². The molecular formula is C18H29N3O. The van der Waals surface area contributed by atoms with Gasteiger partial charge in [0.05, 0.1) is 0 Å². The molecule has 2 rings (SSSR count). The van der Waals surface area contributed by atoms with Crippen LogP contribution in [0, 0.1) is 5.92 Å². The molecule has 2 N–H and O–H groups in total. The fourth-order valence-electron chi connectivity index (χ4n) is 3.07. The molecule has 0 unspecified atom stereocenters. The normalized spacial score (nSPS) is 21.8. The van der Waals surface area contributed by atoms with E-state index in [0.29, 0.717) is 6.04 Å². The molecule has 22 heavy (non-hydrogen) atoms. The number of nitrogens with zero attached hydrogens (tertiary/aromatic N) is 1. The first-order chi connectivity index (χ1) is 10.6. The van der Waals surface area contributed by atoms with Crippen LogP contribution in [0.3, 0.4) is 0 Å². The highest BCUT2D eigenvalue weighted by Gasteiger charge is 2.24. The largest absolute Gasteiger partial charge is 0.326 e. The molecule has 0 aliphatic carbocycles. The van der Waals surface area contributed by atoms with Gasteiger partial charge in [0.25, 0.3) is 0 Å². The Morgan fingerprint density at radius 3 is 2.82 bits per heavy atom. The second-order valence-corrected chi connectivity index (χ2v) is 6.23. The molecule has 0 spiro atoms. The molecule has 1 saturated heterocycles. The number of rotatable bonds is 6. The van der Waals surface area contributed by atoms with Gasteiger partial charge < -0.3 is 10.6 Å². The predicted octanol–water partition coefficient (Wildman–Crippen LogP) is 2.86. The Kier molecular flexibility index (Phi) is 6.40. The van der Waals surface area contributed by atoms with Crippen molar-refractivity contribution in [3.05, 3.63) is 29.8 Å². The van der Waals surface area contributed by atoms with Crippen molar-refractivity contribution in [1.82, 2.24) is 10.2 Å². The Morgan fingerprint density at radius 2 is 2.14 bits per heavy atom. The minimum Gasteiger partial charge on any atom is -0.326 e. The van der Waals surface area contributed by atoms with Crippen molar-refractivity contribution in [2.45, 2.75) is 46.2 Å². The number of anilines is 1. The number of hydrogen-bond acceptors (Lipinski definition) is 3. The number of nitrogens with one attached hydrogen (secondary N) is 2. The summed E-state index contributed by atoms with van der Waals surface area (Å²) >= 11 is 0. The minimum absolute atomic E-state index is 0.127. The van der Waals surface area contributed by atoms with E-state index in [-0.39, 0.29) is 11.8 Å². The van der Waals surface area contributed by atoms with Gasteiger partial charge in [-0.1, -0.05) is 26.0 Å². The maximum absolute atomic E-state index is 12.4. The summed E-state index contributed by atoms with van der Waals surface area (Å²) in [5.74, 6) is 0.288. The molecule has 2 atom stereocenters. The van der Waals surface area contributed by atoms with E-state index in [9.17, 15) is 4.79 Å². The second-order valence-electron chi connectivity index (χ2n) is 6.23. The lowest BCUT2D eigenvalue weighted by Gasteiger charge is -2.27. The van der Waals surface area contributed by atoms with Crippen LogP contribution in [0.4, 0.5) is 5.69 Å². The molecule has 1 fully saturated rings. The average molecular weight is 303 g/mol. The quantitative estimate of drug-likeness (QED) is 0.849. The molecule has 1 aliphatic heterocycles. The summed E-state index contributed by atoms with van der Waals surface area (Å²) in [5, 5.41) is 6.49. The maximum atomic E-state index is 12.4.